The average Bonchev–Trinajstić information content (AvgIpc) is 2.88. The summed E-state index contributed by atoms with van der Waals surface area (Å²) >= 11 is 6.13. The van der Waals surface area contributed by atoms with Crippen molar-refractivity contribution in [3.63, 3.8) is 0 Å². The van der Waals surface area contributed by atoms with Gasteiger partial charge in [0.1, 0.15) is 18.0 Å². The zero-order chi connectivity index (χ0) is 25.9. The Morgan fingerprint density at radius 1 is 1.06 bits per heavy atom. The van der Waals surface area contributed by atoms with Crippen LogP contribution in [0.2, 0.25) is 5.02 Å². The third kappa shape index (κ3) is 5.50. The molecule has 3 aromatic rings. The highest BCUT2D eigenvalue weighted by Gasteiger charge is 2.31. The van der Waals surface area contributed by atoms with Gasteiger partial charge in [-0.1, -0.05) is 29.8 Å². The van der Waals surface area contributed by atoms with Crippen LogP contribution in [0.15, 0.2) is 59.5 Å². The first-order chi connectivity index (χ1) is 17.2. The molecule has 1 fully saturated rings. The molecule has 1 aromatic heterocycles. The lowest BCUT2D eigenvalue weighted by atomic mass is 10.2. The van der Waals surface area contributed by atoms with Crippen molar-refractivity contribution in [1.82, 2.24) is 14.1 Å². The smallest absolute Gasteiger partial charge is 0.316 e. The zero-order valence-corrected chi connectivity index (χ0v) is 22.0. The lowest BCUT2D eigenvalue weighted by Crippen LogP contribution is -2.50. The number of piperazine rings is 1. The van der Waals surface area contributed by atoms with Crippen molar-refractivity contribution >= 4 is 27.3 Å². The number of anilines is 1. The summed E-state index contributed by atoms with van der Waals surface area (Å²) in [5, 5.41) is 4.36. The Labute approximate surface area is 215 Å². The van der Waals surface area contributed by atoms with Crippen molar-refractivity contribution in [3.05, 3.63) is 75.7 Å². The van der Waals surface area contributed by atoms with Gasteiger partial charge in [0.2, 0.25) is 15.8 Å². The fourth-order valence-corrected chi connectivity index (χ4v) is 5.43. The van der Waals surface area contributed by atoms with Crippen LogP contribution in [0.3, 0.4) is 0 Å². The lowest BCUT2D eigenvalue weighted by Gasteiger charge is -2.36. The second-order valence-corrected chi connectivity index (χ2v) is 11.6. The summed E-state index contributed by atoms with van der Waals surface area (Å²) in [6.45, 7) is 4.92. The molecule has 0 N–H and O–H groups in total. The SMILES string of the molecule is COc1cccc(COc2c(N3CCN(S(=O)(=O)C(C)C)CC3)cnn(-c3cccc(Cl)c3)c2=O)c1. The average molecular weight is 533 g/mol. The summed E-state index contributed by atoms with van der Waals surface area (Å²) in [7, 11) is -1.77. The standard InChI is InChI=1S/C25H29ClN4O5S/c1-18(2)36(32,33)29-12-10-28(11-13-29)23-16-27-30(21-8-5-7-20(26)15-21)25(31)24(23)35-17-19-6-4-9-22(14-19)34-3/h4-9,14-16,18H,10-13,17H2,1-3H3. The molecule has 1 aliphatic heterocycles. The van der Waals surface area contributed by atoms with Crippen LogP contribution in [0.1, 0.15) is 19.4 Å². The predicted molar refractivity (Wildman–Crippen MR) is 140 cm³/mol. The molecule has 0 unspecified atom stereocenters. The number of benzene rings is 2. The molecule has 2 heterocycles. The van der Waals surface area contributed by atoms with Gasteiger partial charge in [0.05, 0.1) is 24.2 Å². The Balaban J connectivity index is 1.67. The second-order valence-electron chi connectivity index (χ2n) is 8.68. The number of ether oxygens (including phenoxy) is 2. The van der Waals surface area contributed by atoms with Crippen LogP contribution in [0.4, 0.5) is 5.69 Å². The molecule has 0 saturated carbocycles. The van der Waals surface area contributed by atoms with Crippen LogP contribution >= 0.6 is 11.6 Å². The highest BCUT2D eigenvalue weighted by Crippen LogP contribution is 2.28. The number of halogens is 1. The molecule has 0 atom stereocenters. The van der Waals surface area contributed by atoms with Gasteiger partial charge in [0.15, 0.2) is 0 Å². The minimum Gasteiger partial charge on any atom is -0.497 e. The Morgan fingerprint density at radius 2 is 1.78 bits per heavy atom. The van der Waals surface area contributed by atoms with E-state index in [1.165, 1.54) is 8.99 Å². The van der Waals surface area contributed by atoms with Crippen LogP contribution in [0.25, 0.3) is 5.69 Å². The first-order valence-electron chi connectivity index (χ1n) is 11.6. The Hall–Kier alpha value is -3.08. The molecule has 9 nitrogen and oxygen atoms in total. The van der Waals surface area contributed by atoms with E-state index in [1.807, 2.05) is 29.2 Å². The van der Waals surface area contributed by atoms with Crippen LogP contribution in [-0.2, 0) is 16.6 Å². The normalized spacial score (nSPS) is 14.8. The number of sulfonamides is 1. The maximum Gasteiger partial charge on any atom is 0.316 e. The van der Waals surface area contributed by atoms with Crippen molar-refractivity contribution in [1.29, 1.82) is 0 Å². The van der Waals surface area contributed by atoms with E-state index in [0.29, 0.717) is 48.3 Å². The number of hydrogen-bond acceptors (Lipinski definition) is 7. The minimum absolute atomic E-state index is 0.132. The number of hydrogen-bond donors (Lipinski definition) is 0. The maximum absolute atomic E-state index is 13.6. The van der Waals surface area contributed by atoms with E-state index in [4.69, 9.17) is 21.1 Å². The first-order valence-corrected chi connectivity index (χ1v) is 13.5. The maximum atomic E-state index is 13.6. The highest BCUT2D eigenvalue weighted by atomic mass is 35.5. The molecule has 0 bridgehead atoms. The van der Waals surface area contributed by atoms with Crippen LogP contribution in [-0.4, -0.2) is 61.0 Å². The minimum atomic E-state index is -3.35. The third-order valence-electron chi connectivity index (χ3n) is 6.02. The van der Waals surface area contributed by atoms with Gasteiger partial charge in [-0.3, -0.25) is 4.79 Å². The van der Waals surface area contributed by atoms with Crippen LogP contribution in [0.5, 0.6) is 11.5 Å². The monoisotopic (exact) mass is 532 g/mol. The van der Waals surface area contributed by atoms with E-state index in [2.05, 4.69) is 5.10 Å². The molecule has 4 rings (SSSR count). The van der Waals surface area contributed by atoms with E-state index in [9.17, 15) is 13.2 Å². The van der Waals surface area contributed by atoms with Crippen molar-refractivity contribution in [3.8, 4) is 17.2 Å². The van der Waals surface area contributed by atoms with Gasteiger partial charge < -0.3 is 14.4 Å². The van der Waals surface area contributed by atoms with Crippen molar-refractivity contribution in [2.75, 3.05) is 38.2 Å². The molecule has 11 heteroatoms. The van der Waals surface area contributed by atoms with E-state index in [0.717, 1.165) is 5.56 Å². The van der Waals surface area contributed by atoms with Gasteiger partial charge in [0.25, 0.3) is 0 Å². The molecule has 2 aromatic carbocycles. The summed E-state index contributed by atoms with van der Waals surface area (Å²) in [4.78, 5) is 15.5. The van der Waals surface area contributed by atoms with Gasteiger partial charge in [-0.2, -0.15) is 14.1 Å². The summed E-state index contributed by atoms with van der Waals surface area (Å²) in [6.07, 6.45) is 1.58. The third-order valence-corrected chi connectivity index (χ3v) is 8.53. The molecular formula is C25H29ClN4O5S. The summed E-state index contributed by atoms with van der Waals surface area (Å²) in [6, 6.07) is 14.3. The molecule has 192 valence electrons. The van der Waals surface area contributed by atoms with E-state index < -0.39 is 20.8 Å². The van der Waals surface area contributed by atoms with Crippen molar-refractivity contribution in [2.45, 2.75) is 25.7 Å². The molecular weight excluding hydrogens is 504 g/mol. The summed E-state index contributed by atoms with van der Waals surface area (Å²) in [5.74, 6) is 0.817. The van der Waals surface area contributed by atoms with Gasteiger partial charge in [0, 0.05) is 31.2 Å². The molecule has 0 amide bonds. The Bertz CT molecular complexity index is 1390. The molecule has 0 radical (unpaired) electrons. The first kappa shape index (κ1) is 26.0. The summed E-state index contributed by atoms with van der Waals surface area (Å²) < 4.78 is 39.3. The van der Waals surface area contributed by atoms with E-state index in [-0.39, 0.29) is 12.4 Å². The topological polar surface area (TPSA) is 94.0 Å². The summed E-state index contributed by atoms with van der Waals surface area (Å²) in [5.41, 5.74) is 1.43. The van der Waals surface area contributed by atoms with Gasteiger partial charge >= 0.3 is 5.56 Å². The second kappa shape index (κ2) is 10.9. The quantitative estimate of drug-likeness (QED) is 0.439. The molecule has 0 aliphatic carbocycles. The van der Waals surface area contributed by atoms with Gasteiger partial charge in [-0.25, -0.2) is 8.42 Å². The molecule has 1 saturated heterocycles. The molecule has 0 spiro atoms. The number of aromatic nitrogens is 2. The van der Waals surface area contributed by atoms with E-state index in [1.54, 1.807) is 51.4 Å². The number of methoxy groups -OCH3 is 1. The number of nitrogens with zero attached hydrogens (tertiary/aromatic N) is 4. The highest BCUT2D eigenvalue weighted by molar-refractivity contribution is 7.89. The lowest BCUT2D eigenvalue weighted by molar-refractivity contribution is 0.297. The van der Waals surface area contributed by atoms with Gasteiger partial charge in [-0.15, -0.1) is 0 Å². The largest absolute Gasteiger partial charge is 0.497 e. The Kier molecular flexibility index (Phi) is 7.87. The fraction of sp³-hybridized carbons (Fsp3) is 0.360. The van der Waals surface area contributed by atoms with Crippen LogP contribution < -0.4 is 19.9 Å². The predicted octanol–water partition coefficient (Wildman–Crippen LogP) is 3.33. The molecule has 36 heavy (non-hydrogen) atoms. The van der Waals surface area contributed by atoms with Crippen molar-refractivity contribution in [2.24, 2.45) is 0 Å². The van der Waals surface area contributed by atoms with Crippen LogP contribution in [0, 0.1) is 0 Å². The van der Waals surface area contributed by atoms with E-state index >= 15 is 0 Å². The Morgan fingerprint density at radius 3 is 2.44 bits per heavy atom. The zero-order valence-electron chi connectivity index (χ0n) is 20.4. The van der Waals surface area contributed by atoms with Crippen molar-refractivity contribution < 1.29 is 17.9 Å². The fourth-order valence-electron chi connectivity index (χ4n) is 3.98. The van der Waals surface area contributed by atoms with Gasteiger partial charge in [-0.05, 0) is 49.7 Å². The number of rotatable bonds is 8. The molecule has 1 aliphatic rings.